The maximum atomic E-state index is 12.6. The number of anilines is 3. The average molecular weight is 731 g/mol. The third-order valence-corrected chi connectivity index (χ3v) is 8.41. The van der Waals surface area contributed by atoms with Gasteiger partial charge in [0, 0.05) is 75.2 Å². The van der Waals surface area contributed by atoms with Gasteiger partial charge in [-0.3, -0.25) is 38.8 Å². The van der Waals surface area contributed by atoms with Crippen molar-refractivity contribution in [2.75, 3.05) is 29.5 Å². The van der Waals surface area contributed by atoms with Crippen molar-refractivity contribution < 1.29 is 4.92 Å². The highest BCUT2D eigenvalue weighted by Crippen LogP contribution is 2.26. The van der Waals surface area contributed by atoms with Crippen LogP contribution in [0.2, 0.25) is 0 Å². The summed E-state index contributed by atoms with van der Waals surface area (Å²) < 4.78 is 2.52. The van der Waals surface area contributed by atoms with E-state index in [9.17, 15) is 19.7 Å². The van der Waals surface area contributed by atoms with Crippen LogP contribution in [0, 0.1) is 10.1 Å². The van der Waals surface area contributed by atoms with E-state index in [4.69, 9.17) is 17.2 Å². The van der Waals surface area contributed by atoms with Crippen molar-refractivity contribution in [3.8, 4) is 22.5 Å². The number of nitrogens with zero attached hydrogens (tertiary/aromatic N) is 7. The van der Waals surface area contributed by atoms with Crippen molar-refractivity contribution >= 4 is 23.3 Å². The SMILES string of the molecule is Cn1c(NC[C@@H](N)Cc2ccccc2)nc(-c2ccncc2)c(N)c1=O.Cn1c(NC[C@@H](N)Cc2ccccc2)nc(-c2ccncc2)c([N+](=O)[O-])c1=O. The molecule has 16 nitrogen and oxygen atoms in total. The molecule has 0 fully saturated rings. The summed E-state index contributed by atoms with van der Waals surface area (Å²) in [4.78, 5) is 52.4. The first-order valence-corrected chi connectivity index (χ1v) is 17.0. The van der Waals surface area contributed by atoms with Gasteiger partial charge in [0.15, 0.2) is 5.69 Å². The quantitative estimate of drug-likeness (QED) is 0.0849. The number of nitro groups is 1. The zero-order chi connectivity index (χ0) is 38.6. The van der Waals surface area contributed by atoms with Crippen LogP contribution in [0.25, 0.3) is 22.5 Å². The molecule has 6 aromatic rings. The second-order valence-corrected chi connectivity index (χ2v) is 12.4. The average Bonchev–Trinajstić information content (AvgIpc) is 3.18. The van der Waals surface area contributed by atoms with Gasteiger partial charge in [0.1, 0.15) is 11.4 Å². The molecule has 8 N–H and O–H groups in total. The first kappa shape index (κ1) is 38.5. The van der Waals surface area contributed by atoms with Gasteiger partial charge in [-0.15, -0.1) is 0 Å². The van der Waals surface area contributed by atoms with Crippen molar-refractivity contribution in [1.82, 2.24) is 29.1 Å². The Morgan fingerprint density at radius 2 is 1.07 bits per heavy atom. The molecule has 4 aromatic heterocycles. The number of pyridine rings is 2. The summed E-state index contributed by atoms with van der Waals surface area (Å²) in [6.45, 7) is 0.831. The van der Waals surface area contributed by atoms with E-state index in [1.165, 1.54) is 29.6 Å². The molecule has 0 aliphatic heterocycles. The van der Waals surface area contributed by atoms with Gasteiger partial charge in [-0.25, -0.2) is 9.97 Å². The number of nitrogens with two attached hydrogens (primary N) is 3. The number of nitrogen functional groups attached to an aromatic ring is 1. The standard InChI is InChI=1S/C19H20N6O3.C19H22N6O/c1-24-18(26)17(25(27)28)16(14-7-9-21-10-8-14)23-19(24)22-12-15(20)11-13-5-3-2-4-6-13;1-25-18(26)16(21)17(14-7-9-22-10-8-14)24-19(25)23-12-15(20)11-13-5-3-2-4-6-13/h2-10,15H,11-12,20H2,1H3,(H,22,23);2-10,15H,11-12,20-21H2,1H3,(H,23,24)/t2*15-/m00/s1. The smallest absolute Gasteiger partial charge is 0.360 e. The monoisotopic (exact) mass is 730 g/mol. The Labute approximate surface area is 310 Å². The van der Waals surface area contributed by atoms with Crippen LogP contribution in [-0.4, -0.2) is 59.2 Å². The van der Waals surface area contributed by atoms with Crippen molar-refractivity contribution in [3.05, 3.63) is 152 Å². The summed E-state index contributed by atoms with van der Waals surface area (Å²) in [7, 11) is 3.07. The van der Waals surface area contributed by atoms with Gasteiger partial charge in [0.25, 0.3) is 5.56 Å². The molecule has 0 bridgehead atoms. The van der Waals surface area contributed by atoms with Crippen molar-refractivity contribution in [3.63, 3.8) is 0 Å². The van der Waals surface area contributed by atoms with Gasteiger partial charge in [-0.2, -0.15) is 0 Å². The van der Waals surface area contributed by atoms with E-state index in [1.54, 1.807) is 43.7 Å². The van der Waals surface area contributed by atoms with E-state index in [2.05, 4.69) is 30.6 Å². The Hall–Kier alpha value is -6.78. The third kappa shape index (κ3) is 9.75. The van der Waals surface area contributed by atoms with E-state index in [-0.39, 0.29) is 35.0 Å². The molecule has 4 heterocycles. The number of rotatable bonds is 13. The molecule has 0 radical (unpaired) electrons. The normalized spacial score (nSPS) is 11.9. The van der Waals surface area contributed by atoms with Crippen LogP contribution >= 0.6 is 0 Å². The van der Waals surface area contributed by atoms with Crippen LogP contribution in [0.3, 0.4) is 0 Å². The molecule has 0 spiro atoms. The fourth-order valence-corrected chi connectivity index (χ4v) is 5.55. The van der Waals surface area contributed by atoms with Crippen LogP contribution in [-0.2, 0) is 26.9 Å². The van der Waals surface area contributed by atoms with Crippen LogP contribution in [0.1, 0.15) is 11.1 Å². The predicted molar refractivity (Wildman–Crippen MR) is 210 cm³/mol. The highest BCUT2D eigenvalue weighted by atomic mass is 16.6. The van der Waals surface area contributed by atoms with Crippen LogP contribution in [0.5, 0.6) is 0 Å². The molecule has 0 saturated carbocycles. The molecular weight excluding hydrogens is 688 g/mol. The Morgan fingerprint density at radius 3 is 1.52 bits per heavy atom. The molecule has 0 amide bonds. The highest BCUT2D eigenvalue weighted by molar-refractivity contribution is 5.72. The molecule has 2 atom stereocenters. The van der Waals surface area contributed by atoms with Gasteiger partial charge in [-0.1, -0.05) is 60.7 Å². The molecular formula is C38H42N12O4. The van der Waals surface area contributed by atoms with Gasteiger partial charge in [0.2, 0.25) is 11.9 Å². The number of nitrogens with one attached hydrogen (secondary N) is 2. The number of hydrogen-bond acceptors (Lipinski definition) is 13. The van der Waals surface area contributed by atoms with Gasteiger partial charge in [-0.05, 0) is 48.2 Å². The highest BCUT2D eigenvalue weighted by Gasteiger charge is 2.26. The Kier molecular flexibility index (Phi) is 12.9. The lowest BCUT2D eigenvalue weighted by atomic mass is 10.1. The van der Waals surface area contributed by atoms with E-state index < -0.39 is 16.2 Å². The molecule has 278 valence electrons. The van der Waals surface area contributed by atoms with E-state index in [0.29, 0.717) is 36.7 Å². The van der Waals surface area contributed by atoms with E-state index in [0.717, 1.165) is 22.1 Å². The minimum Gasteiger partial charge on any atom is -0.392 e. The molecule has 54 heavy (non-hydrogen) atoms. The first-order valence-electron chi connectivity index (χ1n) is 17.0. The summed E-state index contributed by atoms with van der Waals surface area (Å²) in [6.07, 6.45) is 7.62. The second kappa shape index (κ2) is 18.1. The Morgan fingerprint density at radius 1 is 0.667 bits per heavy atom. The number of benzene rings is 2. The summed E-state index contributed by atoms with van der Waals surface area (Å²) >= 11 is 0. The van der Waals surface area contributed by atoms with Gasteiger partial charge < -0.3 is 27.8 Å². The zero-order valence-electron chi connectivity index (χ0n) is 29.9. The molecule has 0 saturated heterocycles. The van der Waals surface area contributed by atoms with Gasteiger partial charge in [0.05, 0.1) is 4.92 Å². The van der Waals surface area contributed by atoms with E-state index in [1.807, 2.05) is 60.7 Å². The van der Waals surface area contributed by atoms with Crippen LogP contribution in [0.15, 0.2) is 119 Å². The minimum atomic E-state index is -0.744. The fourth-order valence-electron chi connectivity index (χ4n) is 5.55. The molecule has 0 aliphatic rings. The number of aromatic nitrogens is 6. The molecule has 6 rings (SSSR count). The Balaban J connectivity index is 0.000000208. The molecule has 0 aliphatic carbocycles. The summed E-state index contributed by atoms with van der Waals surface area (Å²) in [5.41, 5.74) is 20.7. The third-order valence-electron chi connectivity index (χ3n) is 8.41. The van der Waals surface area contributed by atoms with E-state index >= 15 is 0 Å². The van der Waals surface area contributed by atoms with Crippen LogP contribution in [0.4, 0.5) is 23.3 Å². The predicted octanol–water partition coefficient (Wildman–Crippen LogP) is 3.14. The van der Waals surface area contributed by atoms with Gasteiger partial charge >= 0.3 is 11.2 Å². The summed E-state index contributed by atoms with van der Waals surface area (Å²) in [5, 5.41) is 17.7. The summed E-state index contributed by atoms with van der Waals surface area (Å²) in [5.74, 6) is 0.644. The lowest BCUT2D eigenvalue weighted by Crippen LogP contribution is -2.34. The second-order valence-electron chi connectivity index (χ2n) is 12.4. The molecule has 0 unspecified atom stereocenters. The summed E-state index contributed by atoms with van der Waals surface area (Å²) in [6, 6.07) is 26.2. The topological polar surface area (TPSA) is 241 Å². The maximum Gasteiger partial charge on any atom is 0.360 e. The fraction of sp³-hybridized carbons (Fsp3) is 0.211. The molecule has 16 heteroatoms. The zero-order valence-corrected chi connectivity index (χ0v) is 29.9. The lowest BCUT2D eigenvalue weighted by Gasteiger charge is -2.17. The van der Waals surface area contributed by atoms with Crippen molar-refractivity contribution in [2.24, 2.45) is 25.6 Å². The minimum absolute atomic E-state index is 0.00497. The molecule has 2 aromatic carbocycles. The van der Waals surface area contributed by atoms with Crippen molar-refractivity contribution in [2.45, 2.75) is 24.9 Å². The largest absolute Gasteiger partial charge is 0.392 e. The lowest BCUT2D eigenvalue weighted by molar-refractivity contribution is -0.386. The maximum absolute atomic E-state index is 12.6. The first-order chi connectivity index (χ1) is 26.0. The number of hydrogen-bond donors (Lipinski definition) is 5. The van der Waals surface area contributed by atoms with Crippen molar-refractivity contribution in [1.29, 1.82) is 0 Å². The Bertz CT molecular complexity index is 2270. The van der Waals surface area contributed by atoms with Crippen LogP contribution < -0.4 is 39.0 Å².